The molecule has 0 radical (unpaired) electrons. The molecule has 0 spiro atoms. The standard InChI is InChI=1S/C33H40N2O2/c1-24-14-16-28(17-15-24)23-35(32(36)22-29-19-25(2)18-26(3)20-29)31(21-27-10-6-4-7-11-27)33(37)34-30-12-8-5-9-13-30/h4,6-7,10-11,14-20,30-31H,5,8-9,12-13,21-23H2,1-3H3,(H,34,37). The number of carbonyl (C=O) groups excluding carboxylic acids is 2. The third-order valence-corrected chi connectivity index (χ3v) is 7.33. The van der Waals surface area contributed by atoms with Crippen LogP contribution < -0.4 is 5.32 Å². The van der Waals surface area contributed by atoms with Crippen molar-refractivity contribution in [3.63, 3.8) is 0 Å². The zero-order valence-electron chi connectivity index (χ0n) is 22.5. The maximum atomic E-state index is 14.0. The van der Waals surface area contributed by atoms with Crippen LogP contribution in [0.1, 0.15) is 65.5 Å². The van der Waals surface area contributed by atoms with Crippen LogP contribution in [0.3, 0.4) is 0 Å². The van der Waals surface area contributed by atoms with Crippen LogP contribution in [0.15, 0.2) is 72.8 Å². The van der Waals surface area contributed by atoms with Crippen LogP contribution in [0, 0.1) is 20.8 Å². The Bertz CT molecular complexity index is 1160. The summed E-state index contributed by atoms with van der Waals surface area (Å²) in [5.74, 6) is -0.0677. The molecule has 1 fully saturated rings. The molecule has 2 amide bonds. The molecule has 4 rings (SSSR count). The molecule has 1 saturated carbocycles. The molecule has 0 heterocycles. The average molecular weight is 497 g/mol. The third kappa shape index (κ3) is 7.79. The van der Waals surface area contributed by atoms with Crippen molar-refractivity contribution in [2.24, 2.45) is 0 Å². The zero-order valence-corrected chi connectivity index (χ0v) is 22.5. The second kappa shape index (κ2) is 12.7. The van der Waals surface area contributed by atoms with Gasteiger partial charge in [-0.05, 0) is 50.3 Å². The van der Waals surface area contributed by atoms with Crippen LogP contribution in [-0.2, 0) is 29.0 Å². The molecule has 0 saturated heterocycles. The van der Waals surface area contributed by atoms with Crippen molar-refractivity contribution in [3.8, 4) is 0 Å². The quantitative estimate of drug-likeness (QED) is 0.381. The Labute approximate surface area is 222 Å². The maximum absolute atomic E-state index is 14.0. The van der Waals surface area contributed by atoms with Gasteiger partial charge in [0.05, 0.1) is 6.42 Å². The summed E-state index contributed by atoms with van der Waals surface area (Å²) in [6.07, 6.45) is 6.31. The van der Waals surface area contributed by atoms with Crippen LogP contribution in [0.5, 0.6) is 0 Å². The first-order chi connectivity index (χ1) is 17.9. The minimum atomic E-state index is -0.580. The maximum Gasteiger partial charge on any atom is 0.243 e. The number of hydrogen-bond donors (Lipinski definition) is 1. The summed E-state index contributed by atoms with van der Waals surface area (Å²) in [4.78, 5) is 29.7. The minimum absolute atomic E-state index is 0.0229. The lowest BCUT2D eigenvalue weighted by molar-refractivity contribution is -0.141. The van der Waals surface area contributed by atoms with E-state index in [9.17, 15) is 9.59 Å². The van der Waals surface area contributed by atoms with Crippen LogP contribution in [0.4, 0.5) is 0 Å². The number of nitrogens with zero attached hydrogens (tertiary/aromatic N) is 1. The highest BCUT2D eigenvalue weighted by molar-refractivity contribution is 5.89. The van der Waals surface area contributed by atoms with E-state index < -0.39 is 6.04 Å². The first kappa shape index (κ1) is 26.7. The van der Waals surface area contributed by atoms with Crippen molar-refractivity contribution in [3.05, 3.63) is 106 Å². The van der Waals surface area contributed by atoms with Crippen molar-refractivity contribution in [1.82, 2.24) is 10.2 Å². The molecule has 1 aliphatic rings. The molecule has 0 aromatic heterocycles. The topological polar surface area (TPSA) is 49.4 Å². The second-order valence-corrected chi connectivity index (χ2v) is 10.7. The lowest BCUT2D eigenvalue weighted by atomic mass is 9.94. The van der Waals surface area contributed by atoms with Crippen LogP contribution >= 0.6 is 0 Å². The third-order valence-electron chi connectivity index (χ3n) is 7.33. The second-order valence-electron chi connectivity index (χ2n) is 10.7. The van der Waals surface area contributed by atoms with Gasteiger partial charge >= 0.3 is 0 Å². The van der Waals surface area contributed by atoms with Gasteiger partial charge in [0.1, 0.15) is 6.04 Å². The van der Waals surface area contributed by atoms with Gasteiger partial charge in [-0.2, -0.15) is 0 Å². The van der Waals surface area contributed by atoms with Crippen LogP contribution in [0.2, 0.25) is 0 Å². The van der Waals surface area contributed by atoms with Gasteiger partial charge in [-0.1, -0.05) is 109 Å². The fourth-order valence-corrected chi connectivity index (χ4v) is 5.44. The van der Waals surface area contributed by atoms with Crippen molar-refractivity contribution in [2.45, 2.75) is 84.3 Å². The van der Waals surface area contributed by atoms with Gasteiger partial charge in [0, 0.05) is 19.0 Å². The van der Waals surface area contributed by atoms with Crippen LogP contribution in [0.25, 0.3) is 0 Å². The minimum Gasteiger partial charge on any atom is -0.352 e. The molecule has 3 aromatic carbocycles. The van der Waals surface area contributed by atoms with Gasteiger partial charge in [-0.25, -0.2) is 0 Å². The fraction of sp³-hybridized carbons (Fsp3) is 0.394. The summed E-state index contributed by atoms with van der Waals surface area (Å²) < 4.78 is 0. The van der Waals surface area contributed by atoms with Gasteiger partial charge in [-0.3, -0.25) is 9.59 Å². The van der Waals surface area contributed by atoms with E-state index in [1.165, 1.54) is 12.0 Å². The highest BCUT2D eigenvalue weighted by Gasteiger charge is 2.32. The number of carbonyl (C=O) groups is 2. The number of hydrogen-bond acceptors (Lipinski definition) is 2. The summed E-state index contributed by atoms with van der Waals surface area (Å²) in [5.41, 5.74) is 6.53. The summed E-state index contributed by atoms with van der Waals surface area (Å²) >= 11 is 0. The highest BCUT2D eigenvalue weighted by Crippen LogP contribution is 2.21. The van der Waals surface area contributed by atoms with E-state index in [0.717, 1.165) is 53.5 Å². The molecular formula is C33H40N2O2. The summed E-state index contributed by atoms with van der Waals surface area (Å²) in [6.45, 7) is 6.57. The molecular weight excluding hydrogens is 456 g/mol. The molecule has 194 valence electrons. The molecule has 1 unspecified atom stereocenters. The Kier molecular flexibility index (Phi) is 9.16. The summed E-state index contributed by atoms with van der Waals surface area (Å²) in [5, 5.41) is 3.32. The van der Waals surface area contributed by atoms with E-state index >= 15 is 0 Å². The summed E-state index contributed by atoms with van der Waals surface area (Å²) in [7, 11) is 0. The number of amides is 2. The Morgan fingerprint density at radius 3 is 2.08 bits per heavy atom. The van der Waals surface area contributed by atoms with E-state index in [0.29, 0.717) is 13.0 Å². The van der Waals surface area contributed by atoms with Crippen molar-refractivity contribution >= 4 is 11.8 Å². The molecule has 3 aromatic rings. The molecule has 1 aliphatic carbocycles. The highest BCUT2D eigenvalue weighted by atomic mass is 16.2. The van der Waals surface area contributed by atoms with E-state index in [4.69, 9.17) is 0 Å². The van der Waals surface area contributed by atoms with Gasteiger partial charge in [0.25, 0.3) is 0 Å². The predicted molar refractivity (Wildman–Crippen MR) is 150 cm³/mol. The van der Waals surface area contributed by atoms with Crippen LogP contribution in [-0.4, -0.2) is 28.8 Å². The normalized spacial score (nSPS) is 14.7. The lowest BCUT2D eigenvalue weighted by Gasteiger charge is -2.33. The van der Waals surface area contributed by atoms with E-state index in [-0.39, 0.29) is 24.3 Å². The van der Waals surface area contributed by atoms with Gasteiger partial charge in [0.2, 0.25) is 11.8 Å². The molecule has 4 nitrogen and oxygen atoms in total. The Morgan fingerprint density at radius 2 is 1.43 bits per heavy atom. The van der Waals surface area contributed by atoms with Crippen molar-refractivity contribution in [1.29, 1.82) is 0 Å². The number of rotatable bonds is 9. The monoisotopic (exact) mass is 496 g/mol. The largest absolute Gasteiger partial charge is 0.352 e. The lowest BCUT2D eigenvalue weighted by Crippen LogP contribution is -2.53. The van der Waals surface area contributed by atoms with Gasteiger partial charge in [-0.15, -0.1) is 0 Å². The van der Waals surface area contributed by atoms with E-state index in [2.05, 4.69) is 68.6 Å². The fourth-order valence-electron chi connectivity index (χ4n) is 5.44. The number of aryl methyl sites for hydroxylation is 3. The smallest absolute Gasteiger partial charge is 0.243 e. The summed E-state index contributed by atoms with van der Waals surface area (Å²) in [6, 6.07) is 24.2. The SMILES string of the molecule is Cc1ccc(CN(C(=O)Cc2cc(C)cc(C)c2)C(Cc2ccccc2)C(=O)NC2CCCCC2)cc1. The predicted octanol–water partition coefficient (Wildman–Crippen LogP) is 6.24. The van der Waals surface area contributed by atoms with Gasteiger partial charge in [0.15, 0.2) is 0 Å². The molecule has 0 bridgehead atoms. The molecule has 1 atom stereocenters. The number of nitrogens with one attached hydrogen (secondary N) is 1. The molecule has 0 aliphatic heterocycles. The average Bonchev–Trinajstić information content (AvgIpc) is 2.87. The molecule has 1 N–H and O–H groups in total. The van der Waals surface area contributed by atoms with Crippen molar-refractivity contribution < 1.29 is 9.59 Å². The number of benzene rings is 3. The van der Waals surface area contributed by atoms with Gasteiger partial charge < -0.3 is 10.2 Å². The Balaban J connectivity index is 1.66. The van der Waals surface area contributed by atoms with Crippen molar-refractivity contribution in [2.75, 3.05) is 0 Å². The van der Waals surface area contributed by atoms with E-state index in [1.807, 2.05) is 35.2 Å². The van der Waals surface area contributed by atoms with E-state index in [1.54, 1.807) is 0 Å². The Hall–Kier alpha value is -3.40. The first-order valence-electron chi connectivity index (χ1n) is 13.6. The molecule has 37 heavy (non-hydrogen) atoms. The zero-order chi connectivity index (χ0) is 26.2. The first-order valence-corrected chi connectivity index (χ1v) is 13.6. The molecule has 4 heteroatoms. The Morgan fingerprint density at radius 1 is 0.784 bits per heavy atom.